The summed E-state index contributed by atoms with van der Waals surface area (Å²) in [5.74, 6) is 1.24. The molecule has 0 radical (unpaired) electrons. The molecular formula is C11H9Cl2N3O. The van der Waals surface area contributed by atoms with Gasteiger partial charge in [-0.2, -0.15) is 15.0 Å². The summed E-state index contributed by atoms with van der Waals surface area (Å²) in [6.07, 6.45) is 0. The van der Waals surface area contributed by atoms with Crippen LogP contribution >= 0.6 is 23.2 Å². The van der Waals surface area contributed by atoms with Crippen LogP contribution < -0.4 is 4.74 Å². The topological polar surface area (TPSA) is 47.9 Å². The molecule has 0 atom stereocenters. The van der Waals surface area contributed by atoms with Gasteiger partial charge in [0.2, 0.25) is 10.6 Å². The highest BCUT2D eigenvalue weighted by atomic mass is 35.5. The first-order valence-electron chi connectivity index (χ1n) is 4.99. The molecule has 1 heterocycles. The maximum absolute atomic E-state index is 5.71. The molecule has 0 aliphatic heterocycles. The zero-order valence-electron chi connectivity index (χ0n) is 9.02. The van der Waals surface area contributed by atoms with E-state index in [1.807, 2.05) is 31.2 Å². The van der Waals surface area contributed by atoms with Crippen LogP contribution in [0.2, 0.25) is 10.6 Å². The molecule has 0 aliphatic rings. The lowest BCUT2D eigenvalue weighted by Crippen LogP contribution is -1.94. The maximum Gasteiger partial charge on any atom is 0.227 e. The normalized spacial score (nSPS) is 10.3. The second-order valence-corrected chi connectivity index (χ2v) is 3.83. The zero-order valence-corrected chi connectivity index (χ0v) is 10.5. The minimum absolute atomic E-state index is 0.0777. The average Bonchev–Trinajstić information content (AvgIpc) is 2.29. The van der Waals surface area contributed by atoms with Gasteiger partial charge in [0.25, 0.3) is 0 Å². The molecular weight excluding hydrogens is 261 g/mol. The van der Waals surface area contributed by atoms with Crippen LogP contribution in [0.15, 0.2) is 24.3 Å². The molecule has 0 saturated heterocycles. The van der Waals surface area contributed by atoms with Crippen molar-refractivity contribution in [1.29, 1.82) is 0 Å². The van der Waals surface area contributed by atoms with Crippen molar-refractivity contribution in [1.82, 2.24) is 15.0 Å². The summed E-state index contributed by atoms with van der Waals surface area (Å²) in [6, 6.07) is 7.36. The Bertz CT molecular complexity index is 496. The van der Waals surface area contributed by atoms with Crippen LogP contribution in [0.4, 0.5) is 0 Å². The van der Waals surface area contributed by atoms with E-state index in [-0.39, 0.29) is 10.6 Å². The fourth-order valence-electron chi connectivity index (χ4n) is 1.32. The third-order valence-electron chi connectivity index (χ3n) is 2.00. The maximum atomic E-state index is 5.71. The number of hydrogen-bond acceptors (Lipinski definition) is 4. The van der Waals surface area contributed by atoms with Crippen LogP contribution in [0, 0.1) is 0 Å². The summed E-state index contributed by atoms with van der Waals surface area (Å²) >= 11 is 11.4. The molecule has 0 aliphatic carbocycles. The van der Waals surface area contributed by atoms with Gasteiger partial charge < -0.3 is 4.74 Å². The molecule has 0 N–H and O–H groups in total. The molecule has 0 unspecified atom stereocenters. The third-order valence-corrected chi connectivity index (χ3v) is 2.34. The predicted octanol–water partition coefficient (Wildman–Crippen LogP) is 3.24. The lowest BCUT2D eigenvalue weighted by Gasteiger charge is -2.04. The Morgan fingerprint density at radius 3 is 2.12 bits per heavy atom. The van der Waals surface area contributed by atoms with Crippen molar-refractivity contribution in [3.05, 3.63) is 34.8 Å². The number of rotatable bonds is 3. The lowest BCUT2D eigenvalue weighted by atomic mass is 10.2. The molecule has 2 rings (SSSR count). The first-order valence-corrected chi connectivity index (χ1v) is 5.75. The highest BCUT2D eigenvalue weighted by Gasteiger charge is 2.05. The molecule has 0 amide bonds. The molecule has 0 fully saturated rings. The molecule has 0 bridgehead atoms. The molecule has 2 aromatic rings. The fourth-order valence-corrected chi connectivity index (χ4v) is 1.69. The number of ether oxygens (including phenoxy) is 1. The minimum atomic E-state index is 0.0777. The van der Waals surface area contributed by atoms with Crippen molar-refractivity contribution in [2.45, 2.75) is 6.92 Å². The van der Waals surface area contributed by atoms with E-state index in [0.29, 0.717) is 12.4 Å². The average molecular weight is 270 g/mol. The Labute approximate surface area is 109 Å². The monoisotopic (exact) mass is 269 g/mol. The molecule has 0 spiro atoms. The molecule has 17 heavy (non-hydrogen) atoms. The fraction of sp³-hybridized carbons (Fsp3) is 0.182. The largest absolute Gasteiger partial charge is 0.494 e. The summed E-state index contributed by atoms with van der Waals surface area (Å²) in [6.45, 7) is 2.56. The smallest absolute Gasteiger partial charge is 0.227 e. The molecule has 1 aromatic heterocycles. The number of aromatic nitrogens is 3. The summed E-state index contributed by atoms with van der Waals surface area (Å²) < 4.78 is 5.34. The molecule has 6 heteroatoms. The third kappa shape index (κ3) is 3.05. The van der Waals surface area contributed by atoms with Gasteiger partial charge in [0.1, 0.15) is 5.75 Å². The van der Waals surface area contributed by atoms with Crippen LogP contribution in [-0.4, -0.2) is 21.6 Å². The van der Waals surface area contributed by atoms with Gasteiger partial charge in [0, 0.05) is 5.56 Å². The van der Waals surface area contributed by atoms with Crippen molar-refractivity contribution in [3.63, 3.8) is 0 Å². The first-order chi connectivity index (χ1) is 8.19. The van der Waals surface area contributed by atoms with Gasteiger partial charge in [-0.25, -0.2) is 0 Å². The number of benzene rings is 1. The Hall–Kier alpha value is -1.39. The number of halogens is 2. The van der Waals surface area contributed by atoms with Gasteiger partial charge in [0.05, 0.1) is 6.61 Å². The van der Waals surface area contributed by atoms with Crippen LogP contribution in [0.3, 0.4) is 0 Å². The summed E-state index contributed by atoms with van der Waals surface area (Å²) in [4.78, 5) is 11.7. The molecule has 4 nitrogen and oxygen atoms in total. The van der Waals surface area contributed by atoms with Gasteiger partial charge in [-0.1, -0.05) is 0 Å². The van der Waals surface area contributed by atoms with Crippen molar-refractivity contribution in [2.24, 2.45) is 0 Å². The number of nitrogens with zero attached hydrogens (tertiary/aromatic N) is 3. The van der Waals surface area contributed by atoms with E-state index in [1.54, 1.807) is 0 Å². The molecule has 88 valence electrons. The van der Waals surface area contributed by atoms with Crippen LogP contribution in [-0.2, 0) is 0 Å². The second kappa shape index (κ2) is 5.29. The van der Waals surface area contributed by atoms with Gasteiger partial charge in [-0.15, -0.1) is 0 Å². The van der Waals surface area contributed by atoms with Crippen molar-refractivity contribution in [3.8, 4) is 17.1 Å². The highest BCUT2D eigenvalue weighted by Crippen LogP contribution is 2.21. The van der Waals surface area contributed by atoms with Crippen molar-refractivity contribution >= 4 is 23.2 Å². The molecule has 1 aromatic carbocycles. The lowest BCUT2D eigenvalue weighted by molar-refractivity contribution is 0.340. The Kier molecular flexibility index (Phi) is 3.76. The predicted molar refractivity (Wildman–Crippen MR) is 66.5 cm³/mol. The first kappa shape index (κ1) is 12.1. The van der Waals surface area contributed by atoms with Crippen LogP contribution in [0.25, 0.3) is 11.4 Å². The standard InChI is InChI=1S/C11H9Cl2N3O/c1-2-17-8-5-3-7(4-6-8)9-14-10(12)16-11(13)15-9/h3-6H,2H2,1H3. The highest BCUT2D eigenvalue weighted by molar-refractivity contribution is 6.31. The van der Waals surface area contributed by atoms with E-state index >= 15 is 0 Å². The van der Waals surface area contributed by atoms with Crippen LogP contribution in [0.5, 0.6) is 5.75 Å². The van der Waals surface area contributed by atoms with E-state index in [0.717, 1.165) is 11.3 Å². The van der Waals surface area contributed by atoms with Gasteiger partial charge in [-0.3, -0.25) is 0 Å². The second-order valence-electron chi connectivity index (χ2n) is 3.15. The Morgan fingerprint density at radius 1 is 1.00 bits per heavy atom. The van der Waals surface area contributed by atoms with Crippen LogP contribution in [0.1, 0.15) is 6.92 Å². The van der Waals surface area contributed by atoms with E-state index in [1.165, 1.54) is 0 Å². The minimum Gasteiger partial charge on any atom is -0.494 e. The summed E-state index contributed by atoms with van der Waals surface area (Å²) in [5, 5.41) is 0.155. The van der Waals surface area contributed by atoms with E-state index in [4.69, 9.17) is 27.9 Å². The van der Waals surface area contributed by atoms with Crippen molar-refractivity contribution < 1.29 is 4.74 Å². The Morgan fingerprint density at radius 2 is 1.59 bits per heavy atom. The summed E-state index contributed by atoms with van der Waals surface area (Å²) in [7, 11) is 0. The number of hydrogen-bond donors (Lipinski definition) is 0. The SMILES string of the molecule is CCOc1ccc(-c2nc(Cl)nc(Cl)n2)cc1. The van der Waals surface area contributed by atoms with E-state index in [2.05, 4.69) is 15.0 Å². The van der Waals surface area contributed by atoms with Gasteiger partial charge in [0.15, 0.2) is 5.82 Å². The molecule has 0 saturated carbocycles. The van der Waals surface area contributed by atoms with Gasteiger partial charge in [-0.05, 0) is 54.4 Å². The van der Waals surface area contributed by atoms with Gasteiger partial charge >= 0.3 is 0 Å². The van der Waals surface area contributed by atoms with Crippen molar-refractivity contribution in [2.75, 3.05) is 6.61 Å². The zero-order chi connectivity index (χ0) is 12.3. The van der Waals surface area contributed by atoms with E-state index < -0.39 is 0 Å². The Balaban J connectivity index is 2.32. The van der Waals surface area contributed by atoms with E-state index in [9.17, 15) is 0 Å². The quantitative estimate of drug-likeness (QED) is 0.858. The summed E-state index contributed by atoms with van der Waals surface area (Å²) in [5.41, 5.74) is 0.805.